The van der Waals surface area contributed by atoms with Crippen LogP contribution in [-0.2, 0) is 10.0 Å². The Morgan fingerprint density at radius 3 is 2.50 bits per heavy atom. The maximum Gasteiger partial charge on any atom is 0.240 e. The number of rotatable bonds is 6. The first-order chi connectivity index (χ1) is 12.4. The van der Waals surface area contributed by atoms with Crippen molar-refractivity contribution in [1.29, 1.82) is 0 Å². The molecule has 3 rings (SSSR count). The molecule has 134 valence electrons. The molecule has 0 amide bonds. The molecule has 0 radical (unpaired) electrons. The lowest BCUT2D eigenvalue weighted by atomic mass is 10.1. The molecule has 0 bridgehead atoms. The summed E-state index contributed by atoms with van der Waals surface area (Å²) >= 11 is 7.33. The highest BCUT2D eigenvalue weighted by atomic mass is 35.5. The molecular formula is C18H13ClFNO3S2. The summed E-state index contributed by atoms with van der Waals surface area (Å²) in [7, 11) is -3.86. The van der Waals surface area contributed by atoms with E-state index in [0.29, 0.717) is 5.56 Å². The van der Waals surface area contributed by atoms with E-state index in [1.165, 1.54) is 35.6 Å². The molecule has 8 heteroatoms. The minimum Gasteiger partial charge on any atom is -0.293 e. The van der Waals surface area contributed by atoms with E-state index < -0.39 is 28.2 Å². The van der Waals surface area contributed by atoms with Crippen molar-refractivity contribution in [3.8, 4) is 10.4 Å². The number of carbonyl (C=O) groups is 1. The van der Waals surface area contributed by atoms with Crippen molar-refractivity contribution in [3.63, 3.8) is 0 Å². The average molecular weight is 410 g/mol. The van der Waals surface area contributed by atoms with Crippen molar-refractivity contribution < 1.29 is 17.6 Å². The Balaban J connectivity index is 1.84. The van der Waals surface area contributed by atoms with Crippen LogP contribution >= 0.6 is 22.9 Å². The van der Waals surface area contributed by atoms with Crippen LogP contribution in [0.5, 0.6) is 0 Å². The second kappa shape index (κ2) is 7.67. The summed E-state index contributed by atoms with van der Waals surface area (Å²) in [5.41, 5.74) is 0.345. The van der Waals surface area contributed by atoms with Crippen molar-refractivity contribution in [3.05, 3.63) is 76.4 Å². The van der Waals surface area contributed by atoms with Crippen LogP contribution in [0.1, 0.15) is 10.4 Å². The van der Waals surface area contributed by atoms with Crippen LogP contribution in [0.4, 0.5) is 4.39 Å². The number of hydrogen-bond donors (Lipinski definition) is 1. The van der Waals surface area contributed by atoms with Gasteiger partial charge in [0.1, 0.15) is 0 Å². The molecule has 1 aromatic heterocycles. The SMILES string of the molecule is O=C(CNS(=O)(=O)c1ccccc1)c1cc(-c2cccs2)cc(Cl)c1F. The molecule has 1 N–H and O–H groups in total. The van der Waals surface area contributed by atoms with Crippen molar-refractivity contribution >= 4 is 38.7 Å². The minimum absolute atomic E-state index is 0.0265. The molecule has 0 atom stereocenters. The average Bonchev–Trinajstić information content (AvgIpc) is 3.17. The summed E-state index contributed by atoms with van der Waals surface area (Å²) in [5.74, 6) is -1.57. The van der Waals surface area contributed by atoms with Gasteiger partial charge in [-0.2, -0.15) is 0 Å². The monoisotopic (exact) mass is 409 g/mol. The number of hydrogen-bond acceptors (Lipinski definition) is 4. The Morgan fingerprint density at radius 2 is 1.85 bits per heavy atom. The normalized spacial score (nSPS) is 11.5. The van der Waals surface area contributed by atoms with Gasteiger partial charge in [-0.1, -0.05) is 35.9 Å². The lowest BCUT2D eigenvalue weighted by Gasteiger charge is -2.09. The van der Waals surface area contributed by atoms with Crippen molar-refractivity contribution in [2.75, 3.05) is 6.54 Å². The maximum absolute atomic E-state index is 14.3. The summed E-state index contributed by atoms with van der Waals surface area (Å²) in [4.78, 5) is 13.2. The van der Waals surface area contributed by atoms with Gasteiger partial charge in [0.2, 0.25) is 10.0 Å². The van der Waals surface area contributed by atoms with Gasteiger partial charge in [0, 0.05) is 4.88 Å². The molecule has 0 saturated carbocycles. The van der Waals surface area contributed by atoms with Gasteiger partial charge in [0.05, 0.1) is 22.0 Å². The zero-order chi connectivity index (χ0) is 18.7. The number of Topliss-reactive ketones (excluding diaryl/α,β-unsaturated/α-hetero) is 1. The van der Waals surface area contributed by atoms with Crippen molar-refractivity contribution in [2.45, 2.75) is 4.90 Å². The fourth-order valence-electron chi connectivity index (χ4n) is 2.32. The topological polar surface area (TPSA) is 63.2 Å². The van der Waals surface area contributed by atoms with Crippen LogP contribution < -0.4 is 4.72 Å². The second-order valence-electron chi connectivity index (χ2n) is 5.36. The molecule has 3 aromatic rings. The van der Waals surface area contributed by atoms with Crippen LogP contribution in [0.3, 0.4) is 0 Å². The molecule has 0 unspecified atom stereocenters. The van der Waals surface area contributed by atoms with Gasteiger partial charge < -0.3 is 0 Å². The largest absolute Gasteiger partial charge is 0.293 e. The smallest absolute Gasteiger partial charge is 0.240 e. The van der Waals surface area contributed by atoms with Gasteiger partial charge >= 0.3 is 0 Å². The van der Waals surface area contributed by atoms with Gasteiger partial charge in [-0.3, -0.25) is 4.79 Å². The Hall–Kier alpha value is -2.06. The Kier molecular flexibility index (Phi) is 5.52. The summed E-state index contributed by atoms with van der Waals surface area (Å²) in [6.07, 6.45) is 0. The zero-order valence-corrected chi connectivity index (χ0v) is 15.7. The van der Waals surface area contributed by atoms with Gasteiger partial charge in [-0.05, 0) is 41.3 Å². The van der Waals surface area contributed by atoms with Gasteiger partial charge in [-0.15, -0.1) is 11.3 Å². The highest BCUT2D eigenvalue weighted by Gasteiger charge is 2.20. The molecule has 0 aliphatic heterocycles. The third kappa shape index (κ3) is 4.02. The van der Waals surface area contributed by atoms with Gasteiger partial charge in [-0.25, -0.2) is 17.5 Å². The first-order valence-corrected chi connectivity index (χ1v) is 10.2. The second-order valence-corrected chi connectivity index (χ2v) is 8.48. The molecule has 0 aliphatic rings. The molecule has 1 heterocycles. The maximum atomic E-state index is 14.3. The summed E-state index contributed by atoms with van der Waals surface area (Å²) < 4.78 is 40.9. The van der Waals surface area contributed by atoms with E-state index in [0.717, 1.165) is 4.88 Å². The highest BCUT2D eigenvalue weighted by molar-refractivity contribution is 7.89. The number of halogens is 2. The Morgan fingerprint density at radius 1 is 1.12 bits per heavy atom. The molecular weight excluding hydrogens is 397 g/mol. The quantitative estimate of drug-likeness (QED) is 0.615. The molecule has 0 fully saturated rings. The van der Waals surface area contributed by atoms with E-state index in [1.54, 1.807) is 18.2 Å². The van der Waals surface area contributed by atoms with Crippen LogP contribution in [0.15, 0.2) is 64.9 Å². The van der Waals surface area contributed by atoms with Crippen LogP contribution in [0.25, 0.3) is 10.4 Å². The van der Waals surface area contributed by atoms with Crippen molar-refractivity contribution in [2.24, 2.45) is 0 Å². The number of carbonyl (C=O) groups excluding carboxylic acids is 1. The fourth-order valence-corrected chi connectivity index (χ4v) is 4.25. The first-order valence-electron chi connectivity index (χ1n) is 7.49. The molecule has 2 aromatic carbocycles. The van der Waals surface area contributed by atoms with E-state index in [-0.39, 0.29) is 15.5 Å². The summed E-state index contributed by atoms with van der Waals surface area (Å²) in [6.45, 7) is -0.571. The molecule has 4 nitrogen and oxygen atoms in total. The molecule has 0 aliphatic carbocycles. The molecule has 26 heavy (non-hydrogen) atoms. The van der Waals surface area contributed by atoms with Crippen molar-refractivity contribution in [1.82, 2.24) is 4.72 Å². The van der Waals surface area contributed by atoms with Crippen LogP contribution in [0.2, 0.25) is 5.02 Å². The molecule has 0 spiro atoms. The summed E-state index contributed by atoms with van der Waals surface area (Å²) in [6, 6.07) is 14.1. The third-order valence-corrected chi connectivity index (χ3v) is 6.22. The van der Waals surface area contributed by atoms with E-state index in [1.807, 2.05) is 17.5 Å². The highest BCUT2D eigenvalue weighted by Crippen LogP contribution is 2.30. The third-order valence-electron chi connectivity index (χ3n) is 3.61. The fraction of sp³-hybridized carbons (Fsp3) is 0.0556. The standard InChI is InChI=1S/C18H13ClFNO3S2/c19-15-10-12(17-7-4-8-25-17)9-14(18(15)20)16(22)11-21-26(23,24)13-5-2-1-3-6-13/h1-10,21H,11H2. The van der Waals surface area contributed by atoms with E-state index in [2.05, 4.69) is 4.72 Å². The minimum atomic E-state index is -3.86. The Bertz CT molecular complexity index is 1040. The zero-order valence-electron chi connectivity index (χ0n) is 13.3. The molecule has 0 saturated heterocycles. The number of ketones is 1. The Labute approximate surface area is 159 Å². The van der Waals surface area contributed by atoms with Gasteiger partial charge in [0.15, 0.2) is 11.6 Å². The van der Waals surface area contributed by atoms with E-state index >= 15 is 0 Å². The van der Waals surface area contributed by atoms with E-state index in [9.17, 15) is 17.6 Å². The number of thiophene rings is 1. The van der Waals surface area contributed by atoms with E-state index in [4.69, 9.17) is 11.6 Å². The predicted molar refractivity (Wildman–Crippen MR) is 101 cm³/mol. The predicted octanol–water partition coefficient (Wildman–Crippen LogP) is 4.37. The summed E-state index contributed by atoms with van der Waals surface area (Å²) in [5, 5.41) is 1.66. The number of nitrogens with one attached hydrogen (secondary N) is 1. The van der Waals surface area contributed by atoms with Gasteiger partial charge in [0.25, 0.3) is 0 Å². The lowest BCUT2D eigenvalue weighted by molar-refractivity contribution is 0.0993. The van der Waals surface area contributed by atoms with Crippen LogP contribution in [-0.4, -0.2) is 20.7 Å². The number of benzene rings is 2. The number of sulfonamides is 1. The van der Waals surface area contributed by atoms with Crippen LogP contribution in [0, 0.1) is 5.82 Å². The first kappa shape index (κ1) is 18.7. The lowest BCUT2D eigenvalue weighted by Crippen LogP contribution is -2.30.